The van der Waals surface area contributed by atoms with Crippen molar-refractivity contribution in [1.82, 2.24) is 4.98 Å². The minimum absolute atomic E-state index is 0.0441. The Morgan fingerprint density at radius 1 is 1.24 bits per heavy atom. The molecule has 5 rings (SSSR count). The summed E-state index contributed by atoms with van der Waals surface area (Å²) in [6.07, 6.45) is 1.65. The molecule has 170 valence electrons. The quantitative estimate of drug-likeness (QED) is 0.254. The standard InChI is InChI=1S/C26H20N2O4S2/c1-3-12-32-17-9-7-16(8-10-17)22-21(23(29)19-5-4-13-33-19)24(30)25(31)28(22)26-27-18-11-6-15(2)14-20(18)34-26/h3-11,13-14,22,30H,1,12H2,2H3. The number of rotatable bonds is 7. The van der Waals surface area contributed by atoms with E-state index in [2.05, 4.69) is 11.6 Å². The largest absolute Gasteiger partial charge is 0.503 e. The van der Waals surface area contributed by atoms with Crippen molar-refractivity contribution in [3.8, 4) is 5.75 Å². The molecule has 1 unspecified atom stereocenters. The number of aryl methyl sites for hydroxylation is 1. The second kappa shape index (κ2) is 8.89. The summed E-state index contributed by atoms with van der Waals surface area (Å²) >= 11 is 2.62. The van der Waals surface area contributed by atoms with Crippen LogP contribution in [-0.2, 0) is 4.79 Å². The highest BCUT2D eigenvalue weighted by atomic mass is 32.1. The maximum atomic E-state index is 13.4. The molecule has 0 radical (unpaired) electrons. The Hall–Kier alpha value is -3.75. The van der Waals surface area contributed by atoms with Gasteiger partial charge in [-0.2, -0.15) is 0 Å². The first kappa shape index (κ1) is 22.1. The number of nitrogens with zero attached hydrogens (tertiary/aromatic N) is 2. The first-order valence-corrected chi connectivity index (χ1v) is 12.2. The first-order chi connectivity index (χ1) is 16.5. The summed E-state index contributed by atoms with van der Waals surface area (Å²) in [6.45, 7) is 6.00. The van der Waals surface area contributed by atoms with Crippen molar-refractivity contribution >= 4 is 49.7 Å². The van der Waals surface area contributed by atoms with Crippen LogP contribution in [-0.4, -0.2) is 28.4 Å². The lowest BCUT2D eigenvalue weighted by Gasteiger charge is -2.24. The third-order valence-electron chi connectivity index (χ3n) is 5.50. The van der Waals surface area contributed by atoms with E-state index in [1.807, 2.05) is 25.1 Å². The van der Waals surface area contributed by atoms with Crippen LogP contribution in [0.1, 0.15) is 26.8 Å². The molecule has 0 aliphatic carbocycles. The zero-order valence-corrected chi connectivity index (χ0v) is 19.9. The van der Waals surface area contributed by atoms with Gasteiger partial charge in [-0.3, -0.25) is 14.5 Å². The van der Waals surface area contributed by atoms with Crippen LogP contribution in [0.25, 0.3) is 10.2 Å². The number of thiophene rings is 1. The number of fused-ring (bicyclic) bond motifs is 1. The topological polar surface area (TPSA) is 79.7 Å². The number of ether oxygens (including phenoxy) is 1. The summed E-state index contributed by atoms with van der Waals surface area (Å²) in [5, 5.41) is 13.1. The highest BCUT2D eigenvalue weighted by molar-refractivity contribution is 7.22. The molecule has 0 saturated heterocycles. The summed E-state index contributed by atoms with van der Waals surface area (Å²) in [5.41, 5.74) is 2.54. The second-order valence-corrected chi connectivity index (χ2v) is 9.74. The smallest absolute Gasteiger partial charge is 0.296 e. The van der Waals surface area contributed by atoms with Gasteiger partial charge >= 0.3 is 0 Å². The van der Waals surface area contributed by atoms with Gasteiger partial charge in [0.15, 0.2) is 10.9 Å². The molecule has 4 aromatic rings. The van der Waals surface area contributed by atoms with Crippen molar-refractivity contribution < 1.29 is 19.4 Å². The number of amides is 1. The zero-order chi connectivity index (χ0) is 23.8. The van der Waals surface area contributed by atoms with Gasteiger partial charge in [0.25, 0.3) is 5.91 Å². The number of aliphatic hydroxyl groups excluding tert-OH is 1. The molecule has 0 bridgehead atoms. The average molecular weight is 489 g/mol. The lowest BCUT2D eigenvalue weighted by Crippen LogP contribution is -2.30. The van der Waals surface area contributed by atoms with E-state index < -0.39 is 17.7 Å². The van der Waals surface area contributed by atoms with Crippen molar-refractivity contribution in [2.75, 3.05) is 11.5 Å². The van der Waals surface area contributed by atoms with E-state index in [4.69, 9.17) is 4.74 Å². The van der Waals surface area contributed by atoms with Gasteiger partial charge in [0.1, 0.15) is 12.4 Å². The molecule has 0 spiro atoms. The van der Waals surface area contributed by atoms with Crippen molar-refractivity contribution in [2.45, 2.75) is 13.0 Å². The number of hydrogen-bond donors (Lipinski definition) is 1. The maximum Gasteiger partial charge on any atom is 0.296 e. The Morgan fingerprint density at radius 2 is 2.03 bits per heavy atom. The van der Waals surface area contributed by atoms with Gasteiger partial charge in [0.2, 0.25) is 5.78 Å². The molecule has 8 heteroatoms. The van der Waals surface area contributed by atoms with Gasteiger partial charge in [-0.05, 0) is 53.8 Å². The maximum absolute atomic E-state index is 13.4. The number of carbonyl (C=O) groups is 2. The summed E-state index contributed by atoms with van der Waals surface area (Å²) < 4.78 is 6.50. The molecular formula is C26H20N2O4S2. The van der Waals surface area contributed by atoms with Gasteiger partial charge in [-0.1, -0.05) is 48.3 Å². The molecule has 0 saturated carbocycles. The molecule has 1 atom stereocenters. The number of aliphatic hydroxyl groups is 1. The fraction of sp³-hybridized carbons (Fsp3) is 0.115. The van der Waals surface area contributed by atoms with E-state index in [-0.39, 0.29) is 11.4 Å². The number of Topliss-reactive ketones (excluding diaryl/α,β-unsaturated/α-hetero) is 1. The number of hydrogen-bond acceptors (Lipinski definition) is 7. The molecule has 3 heterocycles. The van der Waals surface area contributed by atoms with E-state index >= 15 is 0 Å². The van der Waals surface area contributed by atoms with Gasteiger partial charge < -0.3 is 9.84 Å². The van der Waals surface area contributed by atoms with Gasteiger partial charge in [-0.25, -0.2) is 4.98 Å². The van der Waals surface area contributed by atoms with Crippen LogP contribution in [0.3, 0.4) is 0 Å². The normalized spacial score (nSPS) is 15.9. The van der Waals surface area contributed by atoms with Crippen LogP contribution >= 0.6 is 22.7 Å². The number of aromatic nitrogens is 1. The van der Waals surface area contributed by atoms with Crippen molar-refractivity contribution in [2.24, 2.45) is 0 Å². The predicted octanol–water partition coefficient (Wildman–Crippen LogP) is 6.01. The SMILES string of the molecule is C=CCOc1ccc(C2C(C(=O)c3cccs3)=C(O)C(=O)N2c2nc3ccc(C)cc3s2)cc1. The Balaban J connectivity index is 1.63. The molecule has 34 heavy (non-hydrogen) atoms. The third-order valence-corrected chi connectivity index (χ3v) is 7.39. The number of anilines is 1. The lowest BCUT2D eigenvalue weighted by molar-refractivity contribution is -0.117. The Labute approximate surface area is 204 Å². The fourth-order valence-corrected chi connectivity index (χ4v) is 5.68. The molecule has 1 amide bonds. The molecule has 6 nitrogen and oxygen atoms in total. The number of benzene rings is 2. The third kappa shape index (κ3) is 3.81. The monoisotopic (exact) mass is 488 g/mol. The number of ketones is 1. The predicted molar refractivity (Wildman–Crippen MR) is 135 cm³/mol. The van der Waals surface area contributed by atoms with Crippen LogP contribution in [0.4, 0.5) is 5.13 Å². The van der Waals surface area contributed by atoms with E-state index in [0.29, 0.717) is 27.9 Å². The molecule has 1 aliphatic rings. The van der Waals surface area contributed by atoms with Gasteiger partial charge in [0.05, 0.1) is 26.7 Å². The fourth-order valence-electron chi connectivity index (χ4n) is 3.91. The molecule has 1 N–H and O–H groups in total. The zero-order valence-electron chi connectivity index (χ0n) is 18.2. The Kier molecular flexibility index (Phi) is 5.77. The molecule has 1 aliphatic heterocycles. The summed E-state index contributed by atoms with van der Waals surface area (Å²) in [5.74, 6) is -0.940. The molecular weight excluding hydrogens is 468 g/mol. The highest BCUT2D eigenvalue weighted by Crippen LogP contribution is 2.44. The van der Waals surface area contributed by atoms with Gasteiger partial charge in [-0.15, -0.1) is 11.3 Å². The van der Waals surface area contributed by atoms with E-state index in [9.17, 15) is 14.7 Å². The van der Waals surface area contributed by atoms with Crippen molar-refractivity contribution in [3.63, 3.8) is 0 Å². The highest BCUT2D eigenvalue weighted by Gasteiger charge is 2.46. The minimum atomic E-state index is -0.822. The van der Waals surface area contributed by atoms with Crippen LogP contribution in [0, 0.1) is 6.92 Å². The Bertz CT molecular complexity index is 1440. The van der Waals surface area contributed by atoms with E-state index in [0.717, 1.165) is 15.8 Å². The van der Waals surface area contributed by atoms with Crippen molar-refractivity contribution in [1.29, 1.82) is 0 Å². The summed E-state index contributed by atoms with van der Waals surface area (Å²) in [4.78, 5) is 33.3. The Morgan fingerprint density at radius 3 is 2.74 bits per heavy atom. The summed E-state index contributed by atoms with van der Waals surface area (Å²) in [7, 11) is 0. The van der Waals surface area contributed by atoms with Crippen LogP contribution in [0.15, 0.2) is 84.0 Å². The lowest BCUT2D eigenvalue weighted by atomic mass is 9.95. The minimum Gasteiger partial charge on any atom is -0.503 e. The summed E-state index contributed by atoms with van der Waals surface area (Å²) in [6, 6.07) is 15.6. The molecule has 2 aromatic carbocycles. The van der Waals surface area contributed by atoms with Gasteiger partial charge in [0, 0.05) is 0 Å². The molecule has 2 aromatic heterocycles. The number of thiazole rings is 1. The van der Waals surface area contributed by atoms with E-state index in [1.54, 1.807) is 47.9 Å². The average Bonchev–Trinajstić information content (AvgIpc) is 3.56. The second-order valence-electron chi connectivity index (χ2n) is 7.78. The number of carbonyl (C=O) groups excluding carboxylic acids is 2. The van der Waals surface area contributed by atoms with Crippen molar-refractivity contribution in [3.05, 3.63) is 100.0 Å². The first-order valence-electron chi connectivity index (χ1n) is 10.5. The van der Waals surface area contributed by atoms with Crippen LogP contribution < -0.4 is 9.64 Å². The van der Waals surface area contributed by atoms with Crippen LogP contribution in [0.5, 0.6) is 5.75 Å². The van der Waals surface area contributed by atoms with E-state index in [1.165, 1.54) is 27.6 Å². The van der Waals surface area contributed by atoms with Crippen LogP contribution in [0.2, 0.25) is 0 Å². The molecule has 0 fully saturated rings.